The summed E-state index contributed by atoms with van der Waals surface area (Å²) in [5, 5.41) is 2.54. The number of carbonyl (C=O) groups is 1. The maximum atomic E-state index is 12.4. The van der Waals surface area contributed by atoms with Crippen molar-refractivity contribution in [3.8, 4) is 0 Å². The van der Waals surface area contributed by atoms with Gasteiger partial charge in [-0.25, -0.2) is 8.42 Å². The molecule has 2 heterocycles. The normalized spacial score (nSPS) is 17.6. The maximum absolute atomic E-state index is 12.4. The van der Waals surface area contributed by atoms with Crippen molar-refractivity contribution in [3.05, 3.63) is 28.7 Å². The Morgan fingerprint density at radius 3 is 2.48 bits per heavy atom. The van der Waals surface area contributed by atoms with Crippen molar-refractivity contribution in [3.63, 3.8) is 0 Å². The Bertz CT molecular complexity index is 642. The smallest absolute Gasteiger partial charge is 0.247 e. The van der Waals surface area contributed by atoms with Crippen LogP contribution in [-0.2, 0) is 14.8 Å². The third-order valence-electron chi connectivity index (χ3n) is 3.37. The molecule has 0 aliphatic carbocycles. The van der Waals surface area contributed by atoms with Crippen molar-refractivity contribution < 1.29 is 13.2 Å². The number of hydrogen-bond donors (Lipinski definition) is 2. The topological polar surface area (TPSA) is 103 Å². The number of piperazine rings is 1. The van der Waals surface area contributed by atoms with Crippen molar-refractivity contribution in [1.82, 2.24) is 19.5 Å². The quantitative estimate of drug-likeness (QED) is 0.699. The number of hydrogen-bond acceptors (Lipinski definition) is 5. The lowest BCUT2D eigenvalue weighted by atomic mass is 10.3. The van der Waals surface area contributed by atoms with Gasteiger partial charge in [-0.1, -0.05) is 0 Å². The number of nitrogens with one attached hydrogen (secondary N) is 2. The van der Waals surface area contributed by atoms with Gasteiger partial charge in [-0.05, 0) is 6.07 Å². The van der Waals surface area contributed by atoms with Crippen LogP contribution in [0.15, 0.2) is 28.0 Å². The van der Waals surface area contributed by atoms with E-state index in [-0.39, 0.29) is 22.9 Å². The van der Waals surface area contributed by atoms with E-state index >= 15 is 0 Å². The lowest BCUT2D eigenvalue weighted by Gasteiger charge is -2.33. The molecule has 1 amide bonds. The van der Waals surface area contributed by atoms with Crippen molar-refractivity contribution in [2.24, 2.45) is 0 Å². The average molecular weight is 314 g/mol. The number of nitrogens with zero attached hydrogens (tertiary/aromatic N) is 2. The van der Waals surface area contributed by atoms with Crippen molar-refractivity contribution in [2.45, 2.75) is 4.90 Å². The SMILES string of the molecule is CNC(=O)CN1CCN(S(=O)(=O)c2ccc(=O)[nH]c2)CC1. The number of aromatic nitrogens is 1. The molecule has 9 heteroatoms. The van der Waals surface area contributed by atoms with Gasteiger partial charge in [0, 0.05) is 45.5 Å². The number of sulfonamides is 1. The van der Waals surface area contributed by atoms with Gasteiger partial charge in [0.05, 0.1) is 11.4 Å². The standard InChI is InChI=1S/C12H18N4O4S/c1-13-12(18)9-15-4-6-16(7-5-15)21(19,20)10-2-3-11(17)14-8-10/h2-3,8H,4-7,9H2,1H3,(H,13,18)(H,14,17). The van der Waals surface area contributed by atoms with Crippen LogP contribution in [0.25, 0.3) is 0 Å². The van der Waals surface area contributed by atoms with E-state index in [1.54, 1.807) is 7.05 Å². The molecule has 1 saturated heterocycles. The van der Waals surface area contributed by atoms with Crippen molar-refractivity contribution in [2.75, 3.05) is 39.8 Å². The highest BCUT2D eigenvalue weighted by molar-refractivity contribution is 7.89. The first-order valence-corrected chi connectivity index (χ1v) is 7.99. The van der Waals surface area contributed by atoms with Crippen LogP contribution in [0, 0.1) is 0 Å². The van der Waals surface area contributed by atoms with Crippen LogP contribution in [0.5, 0.6) is 0 Å². The summed E-state index contributed by atoms with van der Waals surface area (Å²) in [6.07, 6.45) is 1.20. The fraction of sp³-hybridized carbons (Fsp3) is 0.500. The fourth-order valence-corrected chi connectivity index (χ4v) is 3.51. The monoisotopic (exact) mass is 314 g/mol. The predicted octanol–water partition coefficient (Wildman–Crippen LogP) is -1.57. The van der Waals surface area contributed by atoms with Crippen molar-refractivity contribution in [1.29, 1.82) is 0 Å². The molecule has 0 atom stereocenters. The Morgan fingerprint density at radius 1 is 1.29 bits per heavy atom. The number of aromatic amines is 1. The van der Waals surface area contributed by atoms with Gasteiger partial charge in [0.1, 0.15) is 0 Å². The molecule has 0 unspecified atom stereocenters. The summed E-state index contributed by atoms with van der Waals surface area (Å²) in [7, 11) is -2.03. The summed E-state index contributed by atoms with van der Waals surface area (Å²) in [5.74, 6) is -0.0908. The molecule has 0 bridgehead atoms. The Hall–Kier alpha value is -1.71. The summed E-state index contributed by atoms with van der Waals surface area (Å²) >= 11 is 0. The minimum Gasteiger partial charge on any atom is -0.358 e. The number of amides is 1. The second-order valence-corrected chi connectivity index (χ2v) is 6.68. The summed E-state index contributed by atoms with van der Waals surface area (Å²) in [5.41, 5.74) is -0.343. The van der Waals surface area contributed by atoms with E-state index in [0.29, 0.717) is 26.2 Å². The lowest BCUT2D eigenvalue weighted by molar-refractivity contribution is -0.122. The van der Waals surface area contributed by atoms with E-state index < -0.39 is 10.0 Å². The zero-order valence-corrected chi connectivity index (χ0v) is 12.5. The van der Waals surface area contributed by atoms with Gasteiger partial charge in [0.2, 0.25) is 21.5 Å². The van der Waals surface area contributed by atoms with Crippen LogP contribution in [0.2, 0.25) is 0 Å². The second kappa shape index (κ2) is 6.37. The molecular formula is C12H18N4O4S. The first-order valence-electron chi connectivity index (χ1n) is 6.55. The molecule has 2 N–H and O–H groups in total. The van der Waals surface area contributed by atoms with Crippen molar-refractivity contribution >= 4 is 15.9 Å². The largest absolute Gasteiger partial charge is 0.358 e. The fourth-order valence-electron chi connectivity index (χ4n) is 2.12. The highest BCUT2D eigenvalue weighted by atomic mass is 32.2. The van der Waals surface area contributed by atoms with Gasteiger partial charge in [-0.3, -0.25) is 14.5 Å². The van der Waals surface area contributed by atoms with E-state index in [4.69, 9.17) is 0 Å². The first kappa shape index (κ1) is 15.7. The van der Waals surface area contributed by atoms with Crippen LogP contribution < -0.4 is 10.9 Å². The van der Waals surface area contributed by atoms with Gasteiger partial charge < -0.3 is 10.3 Å². The van der Waals surface area contributed by atoms with E-state index in [1.165, 1.54) is 22.6 Å². The highest BCUT2D eigenvalue weighted by Crippen LogP contribution is 2.15. The van der Waals surface area contributed by atoms with Gasteiger partial charge >= 0.3 is 0 Å². The van der Waals surface area contributed by atoms with Crippen LogP contribution in [0.1, 0.15) is 0 Å². The predicted molar refractivity (Wildman–Crippen MR) is 76.3 cm³/mol. The molecule has 1 aromatic heterocycles. The number of pyridine rings is 1. The third kappa shape index (κ3) is 3.69. The summed E-state index contributed by atoms with van der Waals surface area (Å²) in [6, 6.07) is 2.49. The molecule has 116 valence electrons. The Balaban J connectivity index is 2.02. The van der Waals surface area contributed by atoms with E-state index in [1.807, 2.05) is 4.90 Å². The number of rotatable bonds is 4. The molecule has 0 spiro atoms. The van der Waals surface area contributed by atoms with Gasteiger partial charge in [0.15, 0.2) is 0 Å². The molecule has 1 fully saturated rings. The molecular weight excluding hydrogens is 296 g/mol. The average Bonchev–Trinajstić information content (AvgIpc) is 2.48. The third-order valence-corrected chi connectivity index (χ3v) is 5.27. The Morgan fingerprint density at radius 2 is 1.95 bits per heavy atom. The molecule has 0 saturated carbocycles. The zero-order chi connectivity index (χ0) is 15.5. The number of carbonyl (C=O) groups excluding carboxylic acids is 1. The minimum absolute atomic E-state index is 0.0712. The van der Waals surface area contributed by atoms with Gasteiger partial charge in [0.25, 0.3) is 0 Å². The molecule has 0 aromatic carbocycles. The van der Waals surface area contributed by atoms with Crippen LogP contribution in [-0.4, -0.2) is 68.3 Å². The zero-order valence-electron chi connectivity index (χ0n) is 11.7. The van der Waals surface area contributed by atoms with Crippen LogP contribution in [0.3, 0.4) is 0 Å². The maximum Gasteiger partial charge on any atom is 0.247 e. The highest BCUT2D eigenvalue weighted by Gasteiger charge is 2.28. The van der Waals surface area contributed by atoms with E-state index in [0.717, 1.165) is 0 Å². The van der Waals surface area contributed by atoms with Gasteiger partial charge in [-0.2, -0.15) is 4.31 Å². The van der Waals surface area contributed by atoms with Crippen LogP contribution >= 0.6 is 0 Å². The molecule has 1 aliphatic heterocycles. The number of likely N-dealkylation sites (N-methyl/N-ethyl adjacent to an activating group) is 1. The lowest BCUT2D eigenvalue weighted by Crippen LogP contribution is -2.50. The molecule has 8 nitrogen and oxygen atoms in total. The van der Waals surface area contributed by atoms with E-state index in [2.05, 4.69) is 10.3 Å². The minimum atomic E-state index is -3.60. The molecule has 0 radical (unpaired) electrons. The summed E-state index contributed by atoms with van der Waals surface area (Å²) in [4.78, 5) is 26.6. The van der Waals surface area contributed by atoms with E-state index in [9.17, 15) is 18.0 Å². The molecule has 21 heavy (non-hydrogen) atoms. The molecule has 2 rings (SSSR count). The van der Waals surface area contributed by atoms with Crippen LogP contribution in [0.4, 0.5) is 0 Å². The first-order chi connectivity index (χ1) is 9.93. The summed E-state index contributed by atoms with van der Waals surface area (Å²) < 4.78 is 26.1. The van der Waals surface area contributed by atoms with Gasteiger partial charge in [-0.15, -0.1) is 0 Å². The molecule has 1 aromatic rings. The molecule has 1 aliphatic rings. The summed E-state index contributed by atoms with van der Waals surface area (Å²) in [6.45, 7) is 1.89. The number of H-pyrrole nitrogens is 1. The Kier molecular flexibility index (Phi) is 4.76. The second-order valence-electron chi connectivity index (χ2n) is 4.74. The Labute approximate surface area is 122 Å².